The number of hydrazone groups is 1. The number of nitrogens with zero attached hydrogens (tertiary/aromatic N) is 2. The fourth-order valence-corrected chi connectivity index (χ4v) is 3.12. The van der Waals surface area contributed by atoms with Crippen molar-refractivity contribution in [1.29, 1.82) is 0 Å². The summed E-state index contributed by atoms with van der Waals surface area (Å²) in [6, 6.07) is 2.07. The second-order valence-corrected chi connectivity index (χ2v) is 5.44. The minimum absolute atomic E-state index is 0.0492. The lowest BCUT2D eigenvalue weighted by atomic mass is 10.1. The molecule has 5 nitrogen and oxygen atoms in total. The number of carbonyl (C=O) groups excluding carboxylic acids is 2. The molecule has 0 saturated carbocycles. The van der Waals surface area contributed by atoms with Gasteiger partial charge in [0.05, 0.1) is 0 Å². The Kier molecular flexibility index (Phi) is 2.87. The Morgan fingerprint density at radius 2 is 2.28 bits per heavy atom. The van der Waals surface area contributed by atoms with Crippen LogP contribution in [0.5, 0.6) is 0 Å². The molecule has 0 bridgehead atoms. The quantitative estimate of drug-likeness (QED) is 0.818. The van der Waals surface area contributed by atoms with E-state index in [2.05, 4.69) is 22.0 Å². The van der Waals surface area contributed by atoms with Crippen molar-refractivity contribution in [3.63, 3.8) is 0 Å². The summed E-state index contributed by atoms with van der Waals surface area (Å²) in [5.41, 5.74) is 4.07. The molecule has 0 atom stereocenters. The number of fused-ring (bicyclic) bond motifs is 1. The largest absolute Gasteiger partial charge is 0.333 e. The van der Waals surface area contributed by atoms with Crippen LogP contribution in [-0.2, 0) is 22.6 Å². The molecule has 6 heteroatoms. The summed E-state index contributed by atoms with van der Waals surface area (Å²) < 4.78 is 0. The molecular formula is C12H13N3O2S. The van der Waals surface area contributed by atoms with Gasteiger partial charge in [0.15, 0.2) is 0 Å². The molecule has 1 N–H and O–H groups in total. The maximum Gasteiger partial charge on any atom is 0.270 e. The van der Waals surface area contributed by atoms with Gasteiger partial charge in [-0.15, -0.1) is 11.3 Å². The van der Waals surface area contributed by atoms with Crippen LogP contribution in [0.1, 0.15) is 23.3 Å². The van der Waals surface area contributed by atoms with Crippen LogP contribution in [0.15, 0.2) is 16.5 Å². The molecule has 1 aromatic heterocycles. The third-order valence-electron chi connectivity index (χ3n) is 3.25. The summed E-state index contributed by atoms with van der Waals surface area (Å²) in [6.07, 6.45) is 1.71. The standard InChI is InChI=1S/C12H13N3O2S/c16-11-2-1-9(13-14-11)12(17)15-5-3-10-8(7-15)4-6-18-10/h4,6H,1-3,5,7H2,(H,14,16). The fraction of sp³-hybridized carbons (Fsp3) is 0.417. The van der Waals surface area contributed by atoms with Crippen molar-refractivity contribution in [1.82, 2.24) is 10.3 Å². The number of hydrogen-bond donors (Lipinski definition) is 1. The maximum absolute atomic E-state index is 12.2. The lowest BCUT2D eigenvalue weighted by Gasteiger charge is -2.28. The third kappa shape index (κ3) is 2.03. The average Bonchev–Trinajstić information content (AvgIpc) is 2.86. The van der Waals surface area contributed by atoms with Gasteiger partial charge >= 0.3 is 0 Å². The first-order valence-electron chi connectivity index (χ1n) is 5.94. The Balaban J connectivity index is 1.73. The van der Waals surface area contributed by atoms with Crippen LogP contribution >= 0.6 is 11.3 Å². The van der Waals surface area contributed by atoms with Crippen molar-refractivity contribution in [2.45, 2.75) is 25.8 Å². The highest BCUT2D eigenvalue weighted by Gasteiger charge is 2.26. The molecule has 0 radical (unpaired) electrons. The average molecular weight is 263 g/mol. The van der Waals surface area contributed by atoms with E-state index in [9.17, 15) is 9.59 Å². The van der Waals surface area contributed by atoms with Gasteiger partial charge < -0.3 is 4.90 Å². The Bertz CT molecular complexity index is 535. The molecule has 0 aliphatic carbocycles. The Labute approximate surface area is 108 Å². The Morgan fingerprint density at radius 1 is 1.39 bits per heavy atom. The minimum Gasteiger partial charge on any atom is -0.333 e. The molecule has 94 valence electrons. The zero-order valence-electron chi connectivity index (χ0n) is 9.81. The summed E-state index contributed by atoms with van der Waals surface area (Å²) in [6.45, 7) is 1.39. The van der Waals surface area contributed by atoms with E-state index in [4.69, 9.17) is 0 Å². The van der Waals surface area contributed by atoms with Gasteiger partial charge in [-0.1, -0.05) is 0 Å². The minimum atomic E-state index is -0.120. The van der Waals surface area contributed by atoms with Crippen molar-refractivity contribution in [3.05, 3.63) is 21.9 Å². The van der Waals surface area contributed by atoms with Gasteiger partial charge in [0.1, 0.15) is 5.71 Å². The molecule has 2 aliphatic rings. The third-order valence-corrected chi connectivity index (χ3v) is 4.27. The summed E-state index contributed by atoms with van der Waals surface area (Å²) in [4.78, 5) is 26.4. The highest BCUT2D eigenvalue weighted by Crippen LogP contribution is 2.24. The van der Waals surface area contributed by atoms with Crippen LogP contribution < -0.4 is 5.43 Å². The number of amides is 2. The fourth-order valence-electron chi connectivity index (χ4n) is 2.23. The van der Waals surface area contributed by atoms with Crippen LogP contribution in [0.3, 0.4) is 0 Å². The monoisotopic (exact) mass is 263 g/mol. The van der Waals surface area contributed by atoms with Crippen LogP contribution in [0.4, 0.5) is 0 Å². The Hall–Kier alpha value is -1.69. The van der Waals surface area contributed by atoms with Gasteiger partial charge in [0.25, 0.3) is 5.91 Å². The first kappa shape index (κ1) is 11.4. The lowest BCUT2D eigenvalue weighted by molar-refractivity contribution is -0.125. The normalized spacial score (nSPS) is 19.0. The zero-order chi connectivity index (χ0) is 12.5. The van der Waals surface area contributed by atoms with E-state index in [1.165, 1.54) is 10.4 Å². The molecule has 3 rings (SSSR count). The van der Waals surface area contributed by atoms with Crippen molar-refractivity contribution >= 4 is 28.9 Å². The molecule has 18 heavy (non-hydrogen) atoms. The first-order valence-corrected chi connectivity index (χ1v) is 6.82. The first-order chi connectivity index (χ1) is 8.74. The summed E-state index contributed by atoms with van der Waals surface area (Å²) in [5.74, 6) is -0.169. The van der Waals surface area contributed by atoms with E-state index in [0.717, 1.165) is 13.0 Å². The maximum atomic E-state index is 12.2. The summed E-state index contributed by atoms with van der Waals surface area (Å²) in [7, 11) is 0. The molecule has 2 amide bonds. The van der Waals surface area contributed by atoms with Crippen LogP contribution in [0, 0.1) is 0 Å². The molecule has 0 aromatic carbocycles. The molecule has 0 unspecified atom stereocenters. The zero-order valence-corrected chi connectivity index (χ0v) is 10.6. The molecule has 3 heterocycles. The van der Waals surface area contributed by atoms with Gasteiger partial charge in [-0.25, -0.2) is 5.43 Å². The number of hydrogen-bond acceptors (Lipinski definition) is 4. The number of nitrogens with one attached hydrogen (secondary N) is 1. The number of carbonyl (C=O) groups is 2. The topological polar surface area (TPSA) is 61.8 Å². The van der Waals surface area contributed by atoms with E-state index < -0.39 is 0 Å². The van der Waals surface area contributed by atoms with Crippen LogP contribution in [0.2, 0.25) is 0 Å². The van der Waals surface area contributed by atoms with Gasteiger partial charge in [-0.05, 0) is 23.4 Å². The predicted octanol–water partition coefficient (Wildman–Crippen LogP) is 0.899. The van der Waals surface area contributed by atoms with Crippen molar-refractivity contribution in [3.8, 4) is 0 Å². The van der Waals surface area contributed by atoms with Crippen molar-refractivity contribution < 1.29 is 9.59 Å². The lowest BCUT2D eigenvalue weighted by Crippen LogP contribution is -2.42. The Morgan fingerprint density at radius 3 is 3.06 bits per heavy atom. The summed E-state index contributed by atoms with van der Waals surface area (Å²) >= 11 is 1.75. The SMILES string of the molecule is O=C1CCC(C(=O)N2CCc3sccc3C2)=NN1. The van der Waals surface area contributed by atoms with Crippen molar-refractivity contribution in [2.75, 3.05) is 6.54 Å². The van der Waals surface area contributed by atoms with E-state index >= 15 is 0 Å². The van der Waals surface area contributed by atoms with Gasteiger partial charge in [0.2, 0.25) is 5.91 Å². The highest BCUT2D eigenvalue weighted by atomic mass is 32.1. The number of thiophene rings is 1. The van der Waals surface area contributed by atoms with E-state index in [-0.39, 0.29) is 11.8 Å². The molecule has 2 aliphatic heterocycles. The second-order valence-electron chi connectivity index (χ2n) is 4.44. The number of rotatable bonds is 1. The predicted molar refractivity (Wildman–Crippen MR) is 68.3 cm³/mol. The van der Waals surface area contributed by atoms with Gasteiger partial charge in [0, 0.05) is 30.8 Å². The van der Waals surface area contributed by atoms with Crippen LogP contribution in [0.25, 0.3) is 0 Å². The molecular weight excluding hydrogens is 250 g/mol. The van der Waals surface area contributed by atoms with E-state index in [0.29, 0.717) is 25.1 Å². The molecule has 0 spiro atoms. The molecule has 1 aromatic rings. The van der Waals surface area contributed by atoms with Gasteiger partial charge in [-0.2, -0.15) is 5.10 Å². The van der Waals surface area contributed by atoms with E-state index in [1.54, 1.807) is 11.3 Å². The van der Waals surface area contributed by atoms with Gasteiger partial charge in [-0.3, -0.25) is 9.59 Å². The highest BCUT2D eigenvalue weighted by molar-refractivity contribution is 7.10. The van der Waals surface area contributed by atoms with Crippen molar-refractivity contribution in [2.24, 2.45) is 5.10 Å². The second kappa shape index (κ2) is 4.53. The molecule has 0 saturated heterocycles. The smallest absolute Gasteiger partial charge is 0.270 e. The van der Waals surface area contributed by atoms with Crippen LogP contribution in [-0.4, -0.2) is 29.0 Å². The van der Waals surface area contributed by atoms with E-state index in [1.807, 2.05) is 4.90 Å². The summed E-state index contributed by atoms with van der Waals surface area (Å²) in [5, 5.41) is 5.92. The molecule has 0 fully saturated rings.